The largest absolute Gasteiger partial charge is 0.392 e. The van der Waals surface area contributed by atoms with Gasteiger partial charge in [-0.15, -0.1) is 0 Å². The molecule has 0 atom stereocenters. The zero-order chi connectivity index (χ0) is 8.97. The lowest BCUT2D eigenvalue weighted by Gasteiger charge is -2.00. The quantitative estimate of drug-likeness (QED) is 0.735. The number of hydrogen-bond donors (Lipinski definition) is 1. The van der Waals surface area contributed by atoms with Crippen LogP contribution in [0.25, 0.3) is 6.08 Å². The summed E-state index contributed by atoms with van der Waals surface area (Å²) in [6, 6.07) is 1.93. The number of aliphatic hydroxyl groups excluding tert-OH is 1. The minimum atomic E-state index is 0.106. The number of aromatic nitrogens is 2. The van der Waals surface area contributed by atoms with Crippen molar-refractivity contribution in [2.45, 2.75) is 20.4 Å². The van der Waals surface area contributed by atoms with Gasteiger partial charge in [-0.05, 0) is 31.6 Å². The molecule has 1 aromatic rings. The third-order valence-corrected chi connectivity index (χ3v) is 1.69. The average Bonchev–Trinajstić information content (AvgIpc) is 2.51. The summed E-state index contributed by atoms with van der Waals surface area (Å²) in [5.74, 6) is 0. The van der Waals surface area contributed by atoms with Crippen LogP contribution in [0.5, 0.6) is 0 Å². The topological polar surface area (TPSA) is 38.0 Å². The van der Waals surface area contributed by atoms with Crippen molar-refractivity contribution >= 4 is 6.08 Å². The third kappa shape index (κ3) is 1.95. The Balaban J connectivity index is 2.87. The van der Waals surface area contributed by atoms with E-state index in [1.807, 2.05) is 30.7 Å². The van der Waals surface area contributed by atoms with Crippen LogP contribution >= 0.6 is 0 Å². The Kier molecular flexibility index (Phi) is 3.05. The third-order valence-electron chi connectivity index (χ3n) is 1.69. The molecule has 0 saturated heterocycles. The van der Waals surface area contributed by atoms with Gasteiger partial charge < -0.3 is 5.11 Å². The van der Waals surface area contributed by atoms with Crippen LogP contribution in [0.4, 0.5) is 0 Å². The normalized spacial score (nSPS) is 12.1. The second kappa shape index (κ2) is 4.07. The van der Waals surface area contributed by atoms with Crippen LogP contribution in [-0.2, 0) is 6.54 Å². The van der Waals surface area contributed by atoms with Crippen LogP contribution in [0.15, 0.2) is 17.8 Å². The lowest BCUT2D eigenvalue weighted by atomic mass is 10.2. The predicted molar refractivity (Wildman–Crippen MR) is 48.6 cm³/mol. The van der Waals surface area contributed by atoms with Crippen molar-refractivity contribution < 1.29 is 5.11 Å². The van der Waals surface area contributed by atoms with Crippen LogP contribution in [-0.4, -0.2) is 21.5 Å². The lowest BCUT2D eigenvalue weighted by Crippen LogP contribution is -1.99. The molecule has 12 heavy (non-hydrogen) atoms. The molecule has 0 bridgehead atoms. The van der Waals surface area contributed by atoms with Gasteiger partial charge in [-0.3, -0.25) is 4.68 Å². The molecular weight excluding hydrogens is 152 g/mol. The Hall–Kier alpha value is -1.09. The highest BCUT2D eigenvalue weighted by Gasteiger charge is 1.96. The molecule has 0 amide bonds. The van der Waals surface area contributed by atoms with Crippen LogP contribution in [0.2, 0.25) is 0 Å². The lowest BCUT2D eigenvalue weighted by molar-refractivity contribution is 0.332. The first-order valence-electron chi connectivity index (χ1n) is 4.07. The number of hydrogen-bond acceptors (Lipinski definition) is 2. The van der Waals surface area contributed by atoms with Crippen molar-refractivity contribution in [3.63, 3.8) is 0 Å². The molecule has 0 aliphatic carbocycles. The molecule has 0 spiro atoms. The standard InChI is InChI=1S/C9H14N2O/c1-3-11-9(4-5-10-11)6-8(2)7-12/h4-6,12H,3,7H2,1-2H3/b8-6-. The molecule has 1 N–H and O–H groups in total. The Morgan fingerprint density at radius 2 is 2.50 bits per heavy atom. The summed E-state index contributed by atoms with van der Waals surface area (Å²) in [7, 11) is 0. The van der Waals surface area contributed by atoms with E-state index in [1.165, 1.54) is 0 Å². The molecule has 0 unspecified atom stereocenters. The van der Waals surface area contributed by atoms with Gasteiger partial charge in [0.25, 0.3) is 0 Å². The fraction of sp³-hybridized carbons (Fsp3) is 0.444. The number of nitrogens with zero attached hydrogens (tertiary/aromatic N) is 2. The molecule has 0 aliphatic heterocycles. The Bertz CT molecular complexity index is 276. The fourth-order valence-electron chi connectivity index (χ4n) is 1.03. The van der Waals surface area contributed by atoms with Gasteiger partial charge in [-0.1, -0.05) is 0 Å². The highest BCUT2D eigenvalue weighted by atomic mass is 16.3. The summed E-state index contributed by atoms with van der Waals surface area (Å²) in [6.07, 6.45) is 3.70. The molecule has 0 fully saturated rings. The van der Waals surface area contributed by atoms with E-state index in [1.54, 1.807) is 6.20 Å². The van der Waals surface area contributed by atoms with Gasteiger partial charge >= 0.3 is 0 Å². The van der Waals surface area contributed by atoms with Crippen molar-refractivity contribution in [3.8, 4) is 0 Å². The molecule has 1 aromatic heterocycles. The van der Waals surface area contributed by atoms with Crippen molar-refractivity contribution in [1.29, 1.82) is 0 Å². The monoisotopic (exact) mass is 166 g/mol. The molecule has 1 heterocycles. The van der Waals surface area contributed by atoms with E-state index in [-0.39, 0.29) is 6.61 Å². The summed E-state index contributed by atoms with van der Waals surface area (Å²) >= 11 is 0. The molecule has 3 heteroatoms. The fourth-order valence-corrected chi connectivity index (χ4v) is 1.03. The minimum Gasteiger partial charge on any atom is -0.392 e. The van der Waals surface area contributed by atoms with E-state index in [2.05, 4.69) is 5.10 Å². The minimum absolute atomic E-state index is 0.106. The second-order valence-electron chi connectivity index (χ2n) is 2.72. The van der Waals surface area contributed by atoms with E-state index in [4.69, 9.17) is 5.11 Å². The van der Waals surface area contributed by atoms with Gasteiger partial charge in [0.15, 0.2) is 0 Å². The first-order chi connectivity index (χ1) is 5.77. The van der Waals surface area contributed by atoms with E-state index in [0.717, 1.165) is 17.8 Å². The van der Waals surface area contributed by atoms with Gasteiger partial charge in [0.2, 0.25) is 0 Å². The Labute approximate surface area is 72.3 Å². The molecule has 0 radical (unpaired) electrons. The maximum absolute atomic E-state index is 8.80. The Morgan fingerprint density at radius 3 is 3.08 bits per heavy atom. The first-order valence-corrected chi connectivity index (χ1v) is 4.07. The van der Waals surface area contributed by atoms with Crippen LogP contribution in [0.1, 0.15) is 19.5 Å². The zero-order valence-electron chi connectivity index (χ0n) is 7.49. The number of rotatable bonds is 3. The summed E-state index contributed by atoms with van der Waals surface area (Å²) in [5, 5.41) is 12.9. The van der Waals surface area contributed by atoms with Crippen molar-refractivity contribution in [1.82, 2.24) is 9.78 Å². The highest BCUT2D eigenvalue weighted by Crippen LogP contribution is 2.05. The number of aliphatic hydroxyl groups is 1. The molecular formula is C9H14N2O. The van der Waals surface area contributed by atoms with Crippen molar-refractivity contribution in [3.05, 3.63) is 23.5 Å². The predicted octanol–water partition coefficient (Wildman–Crippen LogP) is 1.30. The summed E-state index contributed by atoms with van der Waals surface area (Å²) in [4.78, 5) is 0. The van der Waals surface area contributed by atoms with Crippen LogP contribution in [0.3, 0.4) is 0 Å². The van der Waals surface area contributed by atoms with Crippen LogP contribution < -0.4 is 0 Å². The summed E-state index contributed by atoms with van der Waals surface area (Å²) in [6.45, 7) is 4.90. The zero-order valence-corrected chi connectivity index (χ0v) is 7.49. The van der Waals surface area contributed by atoms with Crippen molar-refractivity contribution in [2.75, 3.05) is 6.61 Å². The van der Waals surface area contributed by atoms with Gasteiger partial charge in [0.05, 0.1) is 12.3 Å². The SMILES string of the molecule is CCn1nccc1/C=C(/C)CO. The number of aryl methyl sites for hydroxylation is 1. The van der Waals surface area contributed by atoms with Gasteiger partial charge in [-0.25, -0.2) is 0 Å². The first kappa shape index (κ1) is 9.00. The van der Waals surface area contributed by atoms with Crippen LogP contribution in [0, 0.1) is 0 Å². The van der Waals surface area contributed by atoms with E-state index in [0.29, 0.717) is 0 Å². The molecule has 0 saturated carbocycles. The summed E-state index contributed by atoms with van der Waals surface area (Å²) in [5.41, 5.74) is 1.99. The smallest absolute Gasteiger partial charge is 0.0642 e. The second-order valence-corrected chi connectivity index (χ2v) is 2.72. The highest BCUT2D eigenvalue weighted by molar-refractivity contribution is 5.48. The average molecular weight is 166 g/mol. The maximum atomic E-state index is 8.80. The van der Waals surface area contributed by atoms with E-state index >= 15 is 0 Å². The van der Waals surface area contributed by atoms with Gasteiger partial charge in [-0.2, -0.15) is 5.10 Å². The van der Waals surface area contributed by atoms with Gasteiger partial charge in [0.1, 0.15) is 0 Å². The maximum Gasteiger partial charge on any atom is 0.0642 e. The molecule has 0 aromatic carbocycles. The van der Waals surface area contributed by atoms with E-state index < -0.39 is 0 Å². The molecule has 1 rings (SSSR count). The molecule has 66 valence electrons. The van der Waals surface area contributed by atoms with Crippen molar-refractivity contribution in [2.24, 2.45) is 0 Å². The Morgan fingerprint density at radius 1 is 1.75 bits per heavy atom. The molecule has 3 nitrogen and oxygen atoms in total. The van der Waals surface area contributed by atoms with Gasteiger partial charge in [0, 0.05) is 12.7 Å². The van der Waals surface area contributed by atoms with E-state index in [9.17, 15) is 0 Å². The summed E-state index contributed by atoms with van der Waals surface area (Å²) < 4.78 is 1.89. The molecule has 0 aliphatic rings.